The lowest BCUT2D eigenvalue weighted by molar-refractivity contribution is -0.161. The summed E-state index contributed by atoms with van der Waals surface area (Å²) in [5.74, 6) is -2.28. The predicted octanol–water partition coefficient (Wildman–Crippen LogP) is 24.6. The van der Waals surface area contributed by atoms with Gasteiger partial charge in [-0.05, 0) is 173 Å². The maximum absolute atomic E-state index is 13.1. The van der Waals surface area contributed by atoms with Crippen LogP contribution in [0.5, 0.6) is 0 Å². The molecule has 0 aliphatic carbocycles. The number of aliphatic hydroxyl groups is 1. The summed E-state index contributed by atoms with van der Waals surface area (Å²) in [5, 5.41) is 10.7. The molecule has 0 amide bonds. The summed E-state index contributed by atoms with van der Waals surface area (Å²) in [4.78, 5) is 73.2. The summed E-state index contributed by atoms with van der Waals surface area (Å²) >= 11 is 0. The molecule has 0 rings (SSSR count). The summed E-state index contributed by atoms with van der Waals surface area (Å²) < 4.78 is 68.7. The Morgan fingerprint density at radius 1 is 0.269 bits per heavy atom. The van der Waals surface area contributed by atoms with Crippen LogP contribution in [-0.2, 0) is 65.4 Å². The molecule has 5 unspecified atom stereocenters. The third-order valence-corrected chi connectivity index (χ3v) is 18.6. The topological polar surface area (TPSA) is 237 Å². The van der Waals surface area contributed by atoms with Gasteiger partial charge in [-0.15, -0.1) is 0 Å². The van der Waals surface area contributed by atoms with Gasteiger partial charge in [0, 0.05) is 25.7 Å². The molecular formula is C89H146O17P2. The van der Waals surface area contributed by atoms with Crippen LogP contribution in [0.25, 0.3) is 0 Å². The van der Waals surface area contributed by atoms with Gasteiger partial charge in [0.25, 0.3) is 0 Å². The van der Waals surface area contributed by atoms with E-state index in [4.69, 9.17) is 37.0 Å². The van der Waals surface area contributed by atoms with Crippen molar-refractivity contribution in [1.29, 1.82) is 0 Å². The van der Waals surface area contributed by atoms with E-state index in [2.05, 4.69) is 198 Å². The second-order valence-electron chi connectivity index (χ2n) is 26.9. The van der Waals surface area contributed by atoms with Crippen molar-refractivity contribution in [2.24, 2.45) is 0 Å². The normalized spacial score (nSPS) is 14.7. The zero-order valence-corrected chi connectivity index (χ0v) is 69.0. The second kappa shape index (κ2) is 79.5. The highest BCUT2D eigenvalue weighted by molar-refractivity contribution is 7.47. The quantitative estimate of drug-likeness (QED) is 0.0169. The number of esters is 4. The third kappa shape index (κ3) is 78.5. The SMILES string of the molecule is CC/C=C\C/C=C\C/C=C\C/C=C\CCCCCCCCC(=O)OCC(COP(=O)(O)OCC(O)COP(=O)(O)OCC(COC(=O)CCCCCCCC/C=C\C/C=C\C/C=C\CCCCC)OC(=O)CCCCCCC/C=C\C/C=C\C/C=C\CC)OC(=O)CCCC/C=C\C/C=C\C/C=C\C/C=C\CC. The molecular weight excluding hydrogens is 1400 g/mol. The summed E-state index contributed by atoms with van der Waals surface area (Å²) in [7, 11) is -10.0. The molecule has 0 heterocycles. The molecule has 0 radical (unpaired) electrons. The Morgan fingerprint density at radius 3 is 0.759 bits per heavy atom. The number of allylic oxidation sites excluding steroid dienone is 28. The fourth-order valence-electron chi connectivity index (χ4n) is 10.5. The van der Waals surface area contributed by atoms with Crippen molar-refractivity contribution < 1.29 is 80.2 Å². The van der Waals surface area contributed by atoms with E-state index in [-0.39, 0.29) is 25.7 Å². The molecule has 0 bridgehead atoms. The van der Waals surface area contributed by atoms with Crippen molar-refractivity contribution in [2.45, 2.75) is 329 Å². The number of rotatable bonds is 76. The number of hydrogen-bond donors (Lipinski definition) is 3. The monoisotopic (exact) mass is 1550 g/mol. The highest BCUT2D eigenvalue weighted by atomic mass is 31.2. The number of aliphatic hydroxyl groups excluding tert-OH is 1. The first-order chi connectivity index (χ1) is 52.7. The van der Waals surface area contributed by atoms with Crippen LogP contribution in [0.2, 0.25) is 0 Å². The Balaban J connectivity index is 5.44. The fourth-order valence-corrected chi connectivity index (χ4v) is 12.0. The predicted molar refractivity (Wildman–Crippen MR) is 445 cm³/mol. The van der Waals surface area contributed by atoms with Gasteiger partial charge in [-0.25, -0.2) is 9.13 Å². The standard InChI is InChI=1S/C89H146O17P2/c1-5-9-13-17-21-25-29-33-37-39-41-43-47-49-53-57-61-65-69-73-86(91)99-79-84(105-88(93)75-71-67-63-59-55-51-45-35-31-27-23-19-15-11-7-3)81-103-107(95,96)101-77-83(90)78-102-108(97,98)104-82-85(106-89(94)76-72-68-64-60-56-52-46-36-32-28-24-20-16-12-8-4)80-100-87(92)74-70-66-62-58-54-50-48-44-42-40-38-34-30-26-22-18-14-10-6-2/h9,11-13,15-16,21-28,33-38,41-46,55,59,83-85,90H,5-8,10,14,17-20,29-32,39-40,47-54,56-58,60-82H2,1-4H3,(H,95,96)(H,97,98)/b13-9-,15-11-,16-12-,25-21-,26-22-,27-23-,28-24-,37-33-,38-34-,43-41-,44-42-,45-35-,46-36-,59-55-. The minimum atomic E-state index is -5.00. The molecule has 0 spiro atoms. The lowest BCUT2D eigenvalue weighted by Crippen LogP contribution is -2.30. The van der Waals surface area contributed by atoms with E-state index in [1.807, 2.05) is 0 Å². The zero-order chi connectivity index (χ0) is 78.9. The smallest absolute Gasteiger partial charge is 0.462 e. The first-order valence-electron chi connectivity index (χ1n) is 41.4. The van der Waals surface area contributed by atoms with Crippen LogP contribution >= 0.6 is 15.6 Å². The molecule has 0 aliphatic rings. The highest BCUT2D eigenvalue weighted by Gasteiger charge is 2.30. The maximum Gasteiger partial charge on any atom is 0.472 e. The third-order valence-electron chi connectivity index (χ3n) is 16.7. The summed E-state index contributed by atoms with van der Waals surface area (Å²) in [6.45, 7) is 4.41. The van der Waals surface area contributed by atoms with Crippen LogP contribution in [0.4, 0.5) is 0 Å². The maximum atomic E-state index is 13.1. The Bertz CT molecular complexity index is 2710. The van der Waals surface area contributed by atoms with Crippen LogP contribution in [0, 0.1) is 0 Å². The van der Waals surface area contributed by atoms with Crippen molar-refractivity contribution in [2.75, 3.05) is 39.6 Å². The largest absolute Gasteiger partial charge is 0.472 e. The van der Waals surface area contributed by atoms with E-state index >= 15 is 0 Å². The van der Waals surface area contributed by atoms with Crippen LogP contribution in [-0.4, -0.2) is 96.7 Å². The number of carbonyl (C=O) groups excluding carboxylic acids is 4. The average molecular weight is 1550 g/mol. The van der Waals surface area contributed by atoms with Crippen LogP contribution < -0.4 is 0 Å². The number of ether oxygens (including phenoxy) is 4. The Labute approximate surface area is 654 Å². The van der Waals surface area contributed by atoms with Crippen molar-refractivity contribution >= 4 is 39.5 Å². The molecule has 108 heavy (non-hydrogen) atoms. The first-order valence-corrected chi connectivity index (χ1v) is 44.4. The van der Waals surface area contributed by atoms with Crippen molar-refractivity contribution in [1.82, 2.24) is 0 Å². The van der Waals surface area contributed by atoms with Gasteiger partial charge in [0.2, 0.25) is 0 Å². The van der Waals surface area contributed by atoms with Gasteiger partial charge >= 0.3 is 39.5 Å². The van der Waals surface area contributed by atoms with Gasteiger partial charge < -0.3 is 33.8 Å². The zero-order valence-electron chi connectivity index (χ0n) is 67.2. The number of unbranched alkanes of at least 4 members (excludes halogenated alkanes) is 22. The van der Waals surface area contributed by atoms with E-state index in [0.717, 1.165) is 205 Å². The molecule has 17 nitrogen and oxygen atoms in total. The number of carbonyl (C=O) groups is 4. The molecule has 3 N–H and O–H groups in total. The van der Waals surface area contributed by atoms with Crippen molar-refractivity contribution in [3.05, 3.63) is 170 Å². The van der Waals surface area contributed by atoms with E-state index in [1.165, 1.54) is 19.3 Å². The Kier molecular flexibility index (Phi) is 75.4. The highest BCUT2D eigenvalue weighted by Crippen LogP contribution is 2.45. The molecule has 0 aromatic rings. The van der Waals surface area contributed by atoms with Gasteiger partial charge in [0.1, 0.15) is 19.3 Å². The van der Waals surface area contributed by atoms with Crippen LogP contribution in [0.15, 0.2) is 170 Å². The number of phosphoric ester groups is 2. The lowest BCUT2D eigenvalue weighted by Gasteiger charge is -2.21. The summed E-state index contributed by atoms with van der Waals surface area (Å²) in [6, 6.07) is 0. The minimum Gasteiger partial charge on any atom is -0.462 e. The van der Waals surface area contributed by atoms with Gasteiger partial charge in [0.15, 0.2) is 12.2 Å². The lowest BCUT2D eigenvalue weighted by atomic mass is 10.1. The molecule has 0 aliphatic heterocycles. The molecule has 614 valence electrons. The van der Waals surface area contributed by atoms with Crippen molar-refractivity contribution in [3.8, 4) is 0 Å². The summed E-state index contributed by atoms with van der Waals surface area (Å²) in [5.41, 5.74) is 0. The molecule has 5 atom stereocenters. The van der Waals surface area contributed by atoms with E-state index in [0.29, 0.717) is 32.1 Å². The Morgan fingerprint density at radius 2 is 0.481 bits per heavy atom. The van der Waals surface area contributed by atoms with Crippen LogP contribution in [0.3, 0.4) is 0 Å². The van der Waals surface area contributed by atoms with Crippen LogP contribution in [0.1, 0.15) is 310 Å². The van der Waals surface area contributed by atoms with E-state index < -0.39 is 97.5 Å². The first kappa shape index (κ1) is 102. The molecule has 0 aromatic carbocycles. The average Bonchev–Trinajstić information content (AvgIpc) is 0.923. The van der Waals surface area contributed by atoms with Gasteiger partial charge in [-0.2, -0.15) is 0 Å². The number of hydrogen-bond acceptors (Lipinski definition) is 15. The van der Waals surface area contributed by atoms with Gasteiger partial charge in [-0.1, -0.05) is 281 Å². The molecule has 0 aromatic heterocycles. The second-order valence-corrected chi connectivity index (χ2v) is 29.8. The fraction of sp³-hybridized carbons (Fsp3) is 0.640. The van der Waals surface area contributed by atoms with E-state index in [9.17, 15) is 43.2 Å². The molecule has 0 saturated heterocycles. The molecule has 19 heteroatoms. The van der Waals surface area contributed by atoms with Gasteiger partial charge in [0.05, 0.1) is 26.4 Å². The minimum absolute atomic E-state index is 0.0329. The summed E-state index contributed by atoms with van der Waals surface area (Å²) in [6.07, 6.45) is 94.7. The number of phosphoric acid groups is 2. The van der Waals surface area contributed by atoms with Crippen molar-refractivity contribution in [3.63, 3.8) is 0 Å². The molecule has 0 fully saturated rings. The van der Waals surface area contributed by atoms with Gasteiger partial charge in [-0.3, -0.25) is 37.3 Å². The van der Waals surface area contributed by atoms with E-state index in [1.54, 1.807) is 0 Å². The Hall–Kier alpha value is -5.58. The molecule has 0 saturated carbocycles.